The van der Waals surface area contributed by atoms with Gasteiger partial charge in [-0.3, -0.25) is 4.40 Å². The van der Waals surface area contributed by atoms with E-state index in [2.05, 4.69) is 25.0 Å². The highest BCUT2D eigenvalue weighted by atomic mass is 32.2. The number of nitrogens with zero attached hydrogens (tertiary/aromatic N) is 3. The molecule has 112 valence electrons. The molecule has 3 rings (SSSR count). The van der Waals surface area contributed by atoms with Gasteiger partial charge in [0.1, 0.15) is 5.82 Å². The maximum absolute atomic E-state index is 12.5. The van der Waals surface area contributed by atoms with E-state index in [9.17, 15) is 8.42 Å². The van der Waals surface area contributed by atoms with Crippen LogP contribution in [0.1, 0.15) is 12.7 Å². The lowest BCUT2D eigenvalue weighted by atomic mass is 10.6. The number of nitrogens with one attached hydrogen (secondary N) is 3. The second-order valence-corrected chi connectivity index (χ2v) is 6.77. The Morgan fingerprint density at radius 1 is 1.48 bits per heavy atom. The molecule has 3 heterocycles. The van der Waals surface area contributed by atoms with Crippen LogP contribution in [0.3, 0.4) is 0 Å². The lowest BCUT2D eigenvalue weighted by Gasteiger charge is -2.07. The first kappa shape index (κ1) is 14.0. The summed E-state index contributed by atoms with van der Waals surface area (Å²) in [5, 5.41) is 4.90. The standard InChI is InChI=1S/C11H14N6O2S2/c1-2-12-9-10(17-5-6-20-11(17)16-9)21(18,19)15-7-8-13-3-4-14-8/h3-6,12,15H,2,7H2,1H3,(H,13,14). The monoisotopic (exact) mass is 326 g/mol. The molecule has 10 heteroatoms. The van der Waals surface area contributed by atoms with Gasteiger partial charge in [0.05, 0.1) is 6.54 Å². The zero-order chi connectivity index (χ0) is 14.9. The number of hydrogen-bond donors (Lipinski definition) is 3. The van der Waals surface area contributed by atoms with Gasteiger partial charge < -0.3 is 10.3 Å². The number of thiazole rings is 1. The van der Waals surface area contributed by atoms with Crippen LogP contribution < -0.4 is 10.0 Å². The summed E-state index contributed by atoms with van der Waals surface area (Å²) in [5.41, 5.74) is 0. The normalized spacial score (nSPS) is 12.0. The molecule has 0 aromatic carbocycles. The molecule has 0 bridgehead atoms. The topological polar surface area (TPSA) is 104 Å². The fourth-order valence-corrected chi connectivity index (χ4v) is 3.94. The summed E-state index contributed by atoms with van der Waals surface area (Å²) in [6.07, 6.45) is 4.91. The third-order valence-corrected chi connectivity index (χ3v) is 4.98. The third-order valence-electron chi connectivity index (χ3n) is 2.80. The Labute approximate surface area is 125 Å². The van der Waals surface area contributed by atoms with Crippen molar-refractivity contribution < 1.29 is 8.42 Å². The van der Waals surface area contributed by atoms with E-state index in [-0.39, 0.29) is 11.6 Å². The molecule has 0 amide bonds. The van der Waals surface area contributed by atoms with Crippen LogP contribution in [0.4, 0.5) is 5.82 Å². The average Bonchev–Trinajstić information content (AvgIpc) is 3.12. The van der Waals surface area contributed by atoms with Gasteiger partial charge in [0.15, 0.2) is 15.8 Å². The van der Waals surface area contributed by atoms with Crippen molar-refractivity contribution in [3.05, 3.63) is 29.8 Å². The molecule has 3 N–H and O–H groups in total. The molecule has 0 saturated carbocycles. The van der Waals surface area contributed by atoms with Gasteiger partial charge in [0.25, 0.3) is 10.0 Å². The first-order chi connectivity index (χ1) is 10.1. The third kappa shape index (κ3) is 2.64. The molecule has 3 aromatic rings. The fraction of sp³-hybridized carbons (Fsp3) is 0.273. The Bertz CT molecular complexity index is 833. The molecular weight excluding hydrogens is 312 g/mol. The van der Waals surface area contributed by atoms with Crippen LogP contribution in [0.15, 0.2) is 29.0 Å². The molecule has 0 aliphatic rings. The number of fused-ring (bicyclic) bond motifs is 1. The molecule has 0 unspecified atom stereocenters. The van der Waals surface area contributed by atoms with Gasteiger partial charge in [0.2, 0.25) is 0 Å². The van der Waals surface area contributed by atoms with Gasteiger partial charge in [0, 0.05) is 30.5 Å². The van der Waals surface area contributed by atoms with Crippen LogP contribution in [0.2, 0.25) is 0 Å². The van der Waals surface area contributed by atoms with Crippen LogP contribution in [0, 0.1) is 0 Å². The molecule has 0 aliphatic heterocycles. The van der Waals surface area contributed by atoms with E-state index in [1.54, 1.807) is 28.4 Å². The van der Waals surface area contributed by atoms with E-state index in [1.165, 1.54) is 11.3 Å². The van der Waals surface area contributed by atoms with Crippen molar-refractivity contribution in [2.45, 2.75) is 18.5 Å². The van der Waals surface area contributed by atoms with Crippen molar-refractivity contribution in [1.29, 1.82) is 0 Å². The molecule has 0 radical (unpaired) electrons. The molecule has 0 saturated heterocycles. The van der Waals surface area contributed by atoms with Crippen molar-refractivity contribution in [3.63, 3.8) is 0 Å². The molecule has 8 nitrogen and oxygen atoms in total. The van der Waals surface area contributed by atoms with Gasteiger partial charge >= 0.3 is 0 Å². The first-order valence-corrected chi connectivity index (χ1v) is 8.65. The minimum Gasteiger partial charge on any atom is -0.368 e. The minimum absolute atomic E-state index is 0.0955. The van der Waals surface area contributed by atoms with Gasteiger partial charge in [-0.05, 0) is 6.92 Å². The lowest BCUT2D eigenvalue weighted by Crippen LogP contribution is -2.25. The van der Waals surface area contributed by atoms with Crippen LogP contribution in [0.25, 0.3) is 4.96 Å². The van der Waals surface area contributed by atoms with Gasteiger partial charge in [-0.2, -0.15) is 0 Å². The number of hydrogen-bond acceptors (Lipinski definition) is 6. The predicted molar refractivity (Wildman–Crippen MR) is 79.8 cm³/mol. The van der Waals surface area contributed by atoms with E-state index in [0.717, 1.165) is 0 Å². The van der Waals surface area contributed by atoms with Crippen molar-refractivity contribution in [2.75, 3.05) is 11.9 Å². The van der Waals surface area contributed by atoms with Crippen LogP contribution in [-0.2, 0) is 16.6 Å². The Hall–Kier alpha value is -1.91. The summed E-state index contributed by atoms with van der Waals surface area (Å²) in [6, 6.07) is 0. The second kappa shape index (κ2) is 5.47. The summed E-state index contributed by atoms with van der Waals surface area (Å²) < 4.78 is 29.2. The summed E-state index contributed by atoms with van der Waals surface area (Å²) in [7, 11) is -3.71. The Balaban J connectivity index is 1.96. The Morgan fingerprint density at radius 3 is 3.05 bits per heavy atom. The van der Waals surface area contributed by atoms with Crippen LogP contribution in [0.5, 0.6) is 0 Å². The van der Waals surface area contributed by atoms with Gasteiger partial charge in [-0.1, -0.05) is 0 Å². The molecular formula is C11H14N6O2S2. The molecule has 21 heavy (non-hydrogen) atoms. The highest BCUT2D eigenvalue weighted by molar-refractivity contribution is 7.89. The number of aromatic amines is 1. The zero-order valence-electron chi connectivity index (χ0n) is 11.2. The van der Waals surface area contributed by atoms with E-state index in [1.807, 2.05) is 6.92 Å². The lowest BCUT2D eigenvalue weighted by molar-refractivity contribution is 0.575. The second-order valence-electron chi connectivity index (χ2n) is 4.21. The highest BCUT2D eigenvalue weighted by Crippen LogP contribution is 2.25. The zero-order valence-corrected chi connectivity index (χ0v) is 12.8. The van der Waals surface area contributed by atoms with Crippen LogP contribution >= 0.6 is 11.3 Å². The van der Waals surface area contributed by atoms with Crippen molar-refractivity contribution in [2.24, 2.45) is 0 Å². The van der Waals surface area contributed by atoms with Gasteiger partial charge in [-0.15, -0.1) is 11.3 Å². The maximum atomic E-state index is 12.5. The first-order valence-electron chi connectivity index (χ1n) is 6.29. The number of sulfonamides is 1. The van der Waals surface area contributed by atoms with Crippen molar-refractivity contribution in [1.82, 2.24) is 24.1 Å². The van der Waals surface area contributed by atoms with E-state index >= 15 is 0 Å². The van der Waals surface area contributed by atoms with E-state index < -0.39 is 10.0 Å². The fourth-order valence-electron chi connectivity index (χ4n) is 1.93. The maximum Gasteiger partial charge on any atom is 0.260 e. The van der Waals surface area contributed by atoms with E-state index in [4.69, 9.17) is 0 Å². The summed E-state index contributed by atoms with van der Waals surface area (Å²) in [6.45, 7) is 2.57. The van der Waals surface area contributed by atoms with Crippen molar-refractivity contribution >= 4 is 32.1 Å². The van der Waals surface area contributed by atoms with Gasteiger partial charge in [-0.25, -0.2) is 23.1 Å². The molecule has 0 spiro atoms. The predicted octanol–water partition coefficient (Wildman–Crippen LogP) is 1.03. The summed E-state index contributed by atoms with van der Waals surface area (Å²) in [4.78, 5) is 11.8. The SMILES string of the molecule is CCNc1nc2sccn2c1S(=O)(=O)NCc1ncc[nH]1. The molecule has 3 aromatic heterocycles. The summed E-state index contributed by atoms with van der Waals surface area (Å²) in [5.74, 6) is 0.908. The smallest absolute Gasteiger partial charge is 0.260 e. The van der Waals surface area contributed by atoms with Crippen LogP contribution in [-0.4, -0.2) is 34.3 Å². The largest absolute Gasteiger partial charge is 0.368 e. The molecule has 0 atom stereocenters. The molecule has 0 fully saturated rings. The molecule has 0 aliphatic carbocycles. The minimum atomic E-state index is -3.71. The number of aromatic nitrogens is 4. The number of rotatable bonds is 6. The van der Waals surface area contributed by atoms with Crippen molar-refractivity contribution in [3.8, 4) is 0 Å². The Kier molecular flexibility index (Phi) is 3.66. The average molecular weight is 326 g/mol. The quantitative estimate of drug-likeness (QED) is 0.627. The number of anilines is 1. The Morgan fingerprint density at radius 2 is 2.33 bits per heavy atom. The number of imidazole rings is 2. The van der Waals surface area contributed by atoms with E-state index in [0.29, 0.717) is 23.1 Å². The summed E-state index contributed by atoms with van der Waals surface area (Å²) >= 11 is 1.38. The highest BCUT2D eigenvalue weighted by Gasteiger charge is 2.25. The number of H-pyrrole nitrogens is 1.